The zero-order valence-electron chi connectivity index (χ0n) is 71.3. The summed E-state index contributed by atoms with van der Waals surface area (Å²) in [6.45, 7) is 12.1. The lowest BCUT2D eigenvalue weighted by Gasteiger charge is -2.21. The Morgan fingerprint density at radius 2 is 0.472 bits per heavy atom. The minimum atomic E-state index is -4.97. The first kappa shape index (κ1) is 106. The molecule has 0 aromatic rings. The van der Waals surface area contributed by atoms with Crippen molar-refractivity contribution >= 4 is 39.5 Å². The zero-order valence-corrected chi connectivity index (χ0v) is 73.1. The number of phosphoric ester groups is 2. The van der Waals surface area contributed by atoms with Gasteiger partial charge in [0.05, 0.1) is 26.4 Å². The Morgan fingerprint density at radius 3 is 0.704 bits per heavy atom. The van der Waals surface area contributed by atoms with Crippen LogP contribution in [0.3, 0.4) is 0 Å². The Morgan fingerprint density at radius 1 is 0.269 bits per heavy atom. The molecule has 3 N–H and O–H groups in total. The second-order valence-corrected chi connectivity index (χ2v) is 36.1. The average Bonchev–Trinajstić information content (AvgIpc) is 0.901. The highest BCUT2D eigenvalue weighted by molar-refractivity contribution is 7.47. The highest BCUT2D eigenvalue weighted by atomic mass is 31.2. The van der Waals surface area contributed by atoms with Crippen molar-refractivity contribution in [2.75, 3.05) is 39.6 Å². The van der Waals surface area contributed by atoms with Gasteiger partial charge in [-0.2, -0.15) is 0 Å². The van der Waals surface area contributed by atoms with Gasteiger partial charge in [-0.15, -0.1) is 0 Å². The molecule has 0 spiro atoms. The molecule has 0 aliphatic rings. The molecule has 0 bridgehead atoms. The molecule has 0 radical (unpaired) electrons. The topological polar surface area (TPSA) is 237 Å². The first-order valence-electron chi connectivity index (χ1n) is 45.9. The van der Waals surface area contributed by atoms with E-state index >= 15 is 0 Å². The van der Waals surface area contributed by atoms with Crippen LogP contribution >= 0.6 is 15.6 Å². The van der Waals surface area contributed by atoms with Gasteiger partial charge >= 0.3 is 39.5 Å². The van der Waals surface area contributed by atoms with Gasteiger partial charge in [-0.1, -0.05) is 421 Å². The van der Waals surface area contributed by atoms with Crippen LogP contribution in [0.1, 0.15) is 472 Å². The van der Waals surface area contributed by atoms with Gasteiger partial charge in [-0.25, -0.2) is 9.13 Å². The Hall–Kier alpha value is -1.94. The Bertz CT molecular complexity index is 2080. The number of ether oxygens (including phenoxy) is 4. The molecule has 0 amide bonds. The molecule has 0 fully saturated rings. The zero-order chi connectivity index (χ0) is 79.3. The third-order valence-corrected chi connectivity index (χ3v) is 23.1. The molecule has 0 saturated heterocycles. The molecule has 0 saturated carbocycles. The van der Waals surface area contributed by atoms with E-state index in [2.05, 4.69) is 48.5 Å². The summed E-state index contributed by atoms with van der Waals surface area (Å²) in [6.07, 6.45) is 70.8. The summed E-state index contributed by atoms with van der Waals surface area (Å²) < 4.78 is 69.0. The summed E-state index contributed by atoms with van der Waals surface area (Å²) in [6, 6.07) is 0. The van der Waals surface area contributed by atoms with Crippen molar-refractivity contribution in [3.63, 3.8) is 0 Å². The van der Waals surface area contributed by atoms with Gasteiger partial charge in [0.15, 0.2) is 12.2 Å². The first-order valence-corrected chi connectivity index (χ1v) is 48.9. The first-order chi connectivity index (χ1) is 52.3. The SMILES string of the molecule is CCCCCCCCCCCCCCC(=O)OC[C@H](COP(=O)(O)OC[C@H](O)COP(=O)(O)OC[C@@H](COC(=O)CCCCCCCCCCCCCCCCCCCCC(C)C)OC(=O)CCCCCCCCCCCCCCCCCCCCC(C)CC)OC(=O)CCCCCCCCCCCCC(C)C. The van der Waals surface area contributed by atoms with Gasteiger partial charge in [0.25, 0.3) is 0 Å². The van der Waals surface area contributed by atoms with Crippen molar-refractivity contribution in [3.8, 4) is 0 Å². The Kier molecular flexibility index (Phi) is 77.5. The van der Waals surface area contributed by atoms with E-state index in [1.807, 2.05) is 0 Å². The molecule has 108 heavy (non-hydrogen) atoms. The molecular formula is C89H174O17P2. The van der Waals surface area contributed by atoms with Crippen LogP contribution in [0.25, 0.3) is 0 Å². The predicted molar refractivity (Wildman–Crippen MR) is 446 cm³/mol. The fourth-order valence-electron chi connectivity index (χ4n) is 13.9. The lowest BCUT2D eigenvalue weighted by atomic mass is 9.99. The van der Waals surface area contributed by atoms with Crippen LogP contribution in [0, 0.1) is 17.8 Å². The fraction of sp³-hybridized carbons (Fsp3) is 0.955. The predicted octanol–water partition coefficient (Wildman–Crippen LogP) is 27.3. The van der Waals surface area contributed by atoms with Gasteiger partial charge in [0, 0.05) is 25.7 Å². The quantitative estimate of drug-likeness (QED) is 0.0222. The van der Waals surface area contributed by atoms with E-state index in [1.165, 1.54) is 283 Å². The van der Waals surface area contributed by atoms with Gasteiger partial charge in [-0.3, -0.25) is 37.3 Å². The monoisotopic (exact) mass is 1580 g/mol. The fourth-order valence-corrected chi connectivity index (χ4v) is 15.4. The van der Waals surface area contributed by atoms with E-state index in [1.54, 1.807) is 0 Å². The third-order valence-electron chi connectivity index (χ3n) is 21.2. The Labute approximate surface area is 664 Å². The standard InChI is InChI=1S/C89H174O17P2/c1-8-10-11-12-13-14-15-34-42-49-56-63-70-86(91)99-77-85(106-89(94)73-66-59-52-45-38-37-40-47-54-61-68-81(5)6)79-104-108(97,98)102-75-83(90)74-101-107(95,96)103-78-84(76-100-87(92)71-64-57-50-43-35-30-26-22-18-16-20-24-28-32-39-46-53-60-67-80(3)4)105-88(93)72-65-58-51-44-36-31-27-23-19-17-21-25-29-33-41-48-55-62-69-82(7)9-2/h80-85,90H,8-79H2,1-7H3,(H,95,96)(H,97,98)/t82?,83-,84-,85-/m1/s1. The van der Waals surface area contributed by atoms with Gasteiger partial charge in [-0.05, 0) is 43.4 Å². The van der Waals surface area contributed by atoms with Crippen molar-refractivity contribution in [2.24, 2.45) is 17.8 Å². The largest absolute Gasteiger partial charge is 0.472 e. The number of aliphatic hydroxyl groups excluding tert-OH is 1. The van der Waals surface area contributed by atoms with E-state index in [0.717, 1.165) is 108 Å². The van der Waals surface area contributed by atoms with Crippen molar-refractivity contribution < 1.29 is 80.2 Å². The van der Waals surface area contributed by atoms with E-state index in [-0.39, 0.29) is 25.7 Å². The van der Waals surface area contributed by atoms with Gasteiger partial charge < -0.3 is 33.8 Å². The van der Waals surface area contributed by atoms with Crippen LogP contribution in [0.15, 0.2) is 0 Å². The average molecular weight is 1580 g/mol. The van der Waals surface area contributed by atoms with Crippen molar-refractivity contribution in [1.29, 1.82) is 0 Å². The summed E-state index contributed by atoms with van der Waals surface area (Å²) in [5, 5.41) is 10.7. The molecular weight excluding hydrogens is 1400 g/mol. The second kappa shape index (κ2) is 78.9. The van der Waals surface area contributed by atoms with E-state index in [9.17, 15) is 43.2 Å². The lowest BCUT2D eigenvalue weighted by molar-refractivity contribution is -0.161. The van der Waals surface area contributed by atoms with Crippen LogP contribution in [-0.2, 0) is 65.4 Å². The summed E-state index contributed by atoms with van der Waals surface area (Å²) in [7, 11) is -9.93. The van der Waals surface area contributed by atoms with Crippen LogP contribution in [0.4, 0.5) is 0 Å². The highest BCUT2D eigenvalue weighted by Gasteiger charge is 2.31. The summed E-state index contributed by atoms with van der Waals surface area (Å²) in [5.41, 5.74) is 0. The number of unbranched alkanes of at least 4 members (excludes halogenated alkanes) is 54. The molecule has 642 valence electrons. The molecule has 0 heterocycles. The number of carbonyl (C=O) groups excluding carboxylic acids is 4. The number of carbonyl (C=O) groups is 4. The maximum Gasteiger partial charge on any atom is 0.472 e. The van der Waals surface area contributed by atoms with Gasteiger partial charge in [0.1, 0.15) is 19.3 Å². The number of hydrogen-bond donors (Lipinski definition) is 3. The number of esters is 4. The molecule has 0 aliphatic heterocycles. The van der Waals surface area contributed by atoms with Crippen molar-refractivity contribution in [3.05, 3.63) is 0 Å². The van der Waals surface area contributed by atoms with Crippen LogP contribution in [0.2, 0.25) is 0 Å². The van der Waals surface area contributed by atoms with Crippen LogP contribution in [0.5, 0.6) is 0 Å². The molecule has 0 aromatic heterocycles. The minimum absolute atomic E-state index is 0.106. The molecule has 0 rings (SSSR count). The normalized spacial score (nSPS) is 14.1. The lowest BCUT2D eigenvalue weighted by Crippen LogP contribution is -2.30. The van der Waals surface area contributed by atoms with E-state index in [4.69, 9.17) is 37.0 Å². The highest BCUT2D eigenvalue weighted by Crippen LogP contribution is 2.45. The number of phosphoric acid groups is 2. The number of hydrogen-bond acceptors (Lipinski definition) is 15. The van der Waals surface area contributed by atoms with Crippen molar-refractivity contribution in [1.82, 2.24) is 0 Å². The van der Waals surface area contributed by atoms with E-state index < -0.39 is 97.5 Å². The Balaban J connectivity index is 5.22. The maximum absolute atomic E-state index is 13.2. The van der Waals surface area contributed by atoms with Crippen LogP contribution < -0.4 is 0 Å². The molecule has 17 nitrogen and oxygen atoms in total. The molecule has 0 aliphatic carbocycles. The molecule has 19 heteroatoms. The minimum Gasteiger partial charge on any atom is -0.462 e. The van der Waals surface area contributed by atoms with E-state index in [0.29, 0.717) is 25.7 Å². The molecule has 6 atom stereocenters. The smallest absolute Gasteiger partial charge is 0.462 e. The second-order valence-electron chi connectivity index (χ2n) is 33.2. The third kappa shape index (κ3) is 80.7. The summed E-state index contributed by atoms with van der Waals surface area (Å²) >= 11 is 0. The molecule has 0 aromatic carbocycles. The number of rotatable bonds is 87. The summed E-state index contributed by atoms with van der Waals surface area (Å²) in [4.78, 5) is 73.3. The van der Waals surface area contributed by atoms with Gasteiger partial charge in [0.2, 0.25) is 0 Å². The van der Waals surface area contributed by atoms with Crippen molar-refractivity contribution in [2.45, 2.75) is 491 Å². The number of aliphatic hydroxyl groups is 1. The van der Waals surface area contributed by atoms with Crippen LogP contribution in [-0.4, -0.2) is 96.7 Å². The molecule has 3 unspecified atom stereocenters. The maximum atomic E-state index is 13.2. The summed E-state index contributed by atoms with van der Waals surface area (Å²) in [5.74, 6) is 0.346.